The molecule has 28 heavy (non-hydrogen) atoms. The molecule has 1 atom stereocenters. The lowest BCUT2D eigenvalue weighted by Crippen LogP contribution is -2.17. The molecule has 3 aromatic heterocycles. The zero-order valence-electron chi connectivity index (χ0n) is 16.6. The molecule has 3 aromatic rings. The number of esters is 1. The Bertz CT molecular complexity index is 1100. The minimum absolute atomic E-state index is 0.230. The predicted octanol–water partition coefficient (Wildman–Crippen LogP) is 4.48. The van der Waals surface area contributed by atoms with Crippen molar-refractivity contribution in [2.75, 3.05) is 0 Å². The fourth-order valence-electron chi connectivity index (χ4n) is 2.98. The number of ether oxygens (including phenoxy) is 1. The van der Waals surface area contributed by atoms with Crippen molar-refractivity contribution in [3.8, 4) is 0 Å². The quantitative estimate of drug-likeness (QED) is 0.591. The zero-order valence-corrected chi connectivity index (χ0v) is 18.1. The first-order valence-electron chi connectivity index (χ1n) is 9.18. The van der Waals surface area contributed by atoms with Gasteiger partial charge in [0, 0.05) is 11.4 Å². The van der Waals surface area contributed by atoms with Crippen LogP contribution in [0.2, 0.25) is 5.15 Å². The number of aromatic amines is 1. The lowest BCUT2D eigenvalue weighted by molar-refractivity contribution is 0.0319. The predicted molar refractivity (Wildman–Crippen MR) is 110 cm³/mol. The number of halogens is 1. The van der Waals surface area contributed by atoms with Crippen LogP contribution in [0.3, 0.4) is 0 Å². The van der Waals surface area contributed by atoms with Gasteiger partial charge in [-0.05, 0) is 39.7 Å². The molecule has 0 saturated heterocycles. The molecule has 150 valence electrons. The van der Waals surface area contributed by atoms with Crippen LogP contribution < -0.4 is 5.56 Å². The lowest BCUT2D eigenvalue weighted by Gasteiger charge is -2.12. The first-order chi connectivity index (χ1) is 13.2. The van der Waals surface area contributed by atoms with Gasteiger partial charge < -0.3 is 9.72 Å². The summed E-state index contributed by atoms with van der Waals surface area (Å²) in [7, 11) is 0. The van der Waals surface area contributed by atoms with E-state index in [0.29, 0.717) is 28.3 Å². The SMILES string of the molecule is CCCCn1nc(C)c(C(=O)O[C@H](C)c2nc3sc(C)c(C)c3c(=O)[nH]2)c1Cl. The van der Waals surface area contributed by atoms with Crippen molar-refractivity contribution >= 4 is 39.1 Å². The number of rotatable bonds is 6. The van der Waals surface area contributed by atoms with E-state index in [2.05, 4.69) is 22.0 Å². The molecule has 0 bridgehead atoms. The van der Waals surface area contributed by atoms with Gasteiger partial charge in [-0.3, -0.25) is 9.48 Å². The number of carbonyl (C=O) groups excluding carboxylic acids is 1. The molecule has 1 N–H and O–H groups in total. The van der Waals surface area contributed by atoms with Crippen LogP contribution >= 0.6 is 22.9 Å². The number of thiophene rings is 1. The van der Waals surface area contributed by atoms with Gasteiger partial charge in [0.2, 0.25) is 0 Å². The summed E-state index contributed by atoms with van der Waals surface area (Å²) in [5, 5.41) is 5.18. The van der Waals surface area contributed by atoms with Crippen LogP contribution in [0, 0.1) is 20.8 Å². The molecule has 0 aliphatic carbocycles. The summed E-state index contributed by atoms with van der Waals surface area (Å²) in [4.78, 5) is 34.0. The van der Waals surface area contributed by atoms with Gasteiger partial charge in [0.1, 0.15) is 15.5 Å². The van der Waals surface area contributed by atoms with E-state index in [0.717, 1.165) is 23.3 Å². The van der Waals surface area contributed by atoms with E-state index in [1.165, 1.54) is 11.3 Å². The van der Waals surface area contributed by atoms with Crippen LogP contribution in [0.1, 0.15) is 65.1 Å². The number of nitrogens with one attached hydrogen (secondary N) is 1. The maximum Gasteiger partial charge on any atom is 0.343 e. The number of hydrogen-bond acceptors (Lipinski definition) is 6. The number of aromatic nitrogens is 4. The largest absolute Gasteiger partial charge is 0.451 e. The average Bonchev–Trinajstić information content (AvgIpc) is 3.08. The molecule has 9 heteroatoms. The summed E-state index contributed by atoms with van der Waals surface area (Å²) in [5.41, 5.74) is 1.45. The summed E-state index contributed by atoms with van der Waals surface area (Å²) in [6.07, 6.45) is 1.17. The Hall–Kier alpha value is -2.19. The van der Waals surface area contributed by atoms with E-state index in [4.69, 9.17) is 16.3 Å². The van der Waals surface area contributed by atoms with Crippen molar-refractivity contribution in [3.63, 3.8) is 0 Å². The second-order valence-corrected chi connectivity index (χ2v) is 8.35. The van der Waals surface area contributed by atoms with Crippen LogP contribution in [-0.4, -0.2) is 25.7 Å². The van der Waals surface area contributed by atoms with E-state index in [-0.39, 0.29) is 16.3 Å². The number of hydrogen-bond donors (Lipinski definition) is 1. The Kier molecular flexibility index (Phi) is 5.90. The molecule has 0 aliphatic rings. The maximum atomic E-state index is 12.7. The van der Waals surface area contributed by atoms with Crippen molar-refractivity contribution in [3.05, 3.63) is 43.0 Å². The summed E-state index contributed by atoms with van der Waals surface area (Å²) >= 11 is 7.79. The molecule has 3 rings (SSSR count). The Labute approximate surface area is 171 Å². The number of H-pyrrole nitrogens is 1. The minimum Gasteiger partial charge on any atom is -0.451 e. The molecule has 0 radical (unpaired) electrons. The molecular formula is C19H23ClN4O3S. The summed E-state index contributed by atoms with van der Waals surface area (Å²) < 4.78 is 7.15. The number of carbonyl (C=O) groups is 1. The number of fused-ring (bicyclic) bond motifs is 1. The molecule has 0 spiro atoms. The average molecular weight is 423 g/mol. The summed E-state index contributed by atoms with van der Waals surface area (Å²) in [6.45, 7) is 9.95. The maximum absolute atomic E-state index is 12.7. The Morgan fingerprint density at radius 1 is 1.36 bits per heavy atom. The monoisotopic (exact) mass is 422 g/mol. The first-order valence-corrected chi connectivity index (χ1v) is 10.4. The summed E-state index contributed by atoms with van der Waals surface area (Å²) in [6, 6.07) is 0. The molecule has 0 unspecified atom stereocenters. The zero-order chi connectivity index (χ0) is 20.6. The van der Waals surface area contributed by atoms with Gasteiger partial charge in [0.15, 0.2) is 11.9 Å². The van der Waals surface area contributed by atoms with Crippen molar-refractivity contribution in [2.24, 2.45) is 0 Å². The Morgan fingerprint density at radius 3 is 2.75 bits per heavy atom. The van der Waals surface area contributed by atoms with Gasteiger partial charge in [0.25, 0.3) is 5.56 Å². The molecule has 3 heterocycles. The van der Waals surface area contributed by atoms with Gasteiger partial charge in [-0.1, -0.05) is 24.9 Å². The van der Waals surface area contributed by atoms with Gasteiger partial charge in [0.05, 0.1) is 11.1 Å². The standard InChI is InChI=1S/C19H23ClN4O3S/c1-6-7-8-24-15(20)14(10(3)23-24)19(26)27-11(4)16-21-17(25)13-9(2)12(5)28-18(13)22-16/h11H,6-8H2,1-5H3,(H,21,22,25)/t11-/m1/s1. The van der Waals surface area contributed by atoms with Crippen LogP contribution in [0.25, 0.3) is 10.2 Å². The third-order valence-electron chi connectivity index (χ3n) is 4.72. The Balaban J connectivity index is 1.86. The summed E-state index contributed by atoms with van der Waals surface area (Å²) in [5.74, 6) is -0.279. The fraction of sp³-hybridized carbons (Fsp3) is 0.474. The van der Waals surface area contributed by atoms with Crippen LogP contribution in [-0.2, 0) is 11.3 Å². The van der Waals surface area contributed by atoms with Crippen LogP contribution in [0.4, 0.5) is 0 Å². The molecular weight excluding hydrogens is 400 g/mol. The van der Waals surface area contributed by atoms with Crippen molar-refractivity contribution < 1.29 is 9.53 Å². The number of unbranched alkanes of at least 4 members (excludes halogenated alkanes) is 1. The third-order valence-corrected chi connectivity index (χ3v) is 6.20. The van der Waals surface area contributed by atoms with Crippen LogP contribution in [0.15, 0.2) is 4.79 Å². The molecule has 0 aliphatic heterocycles. The fourth-order valence-corrected chi connectivity index (χ4v) is 4.35. The topological polar surface area (TPSA) is 89.9 Å². The van der Waals surface area contributed by atoms with E-state index in [1.54, 1.807) is 18.5 Å². The van der Waals surface area contributed by atoms with Gasteiger partial charge >= 0.3 is 5.97 Å². The molecule has 7 nitrogen and oxygen atoms in total. The first kappa shape index (κ1) is 20.5. The highest BCUT2D eigenvalue weighted by molar-refractivity contribution is 7.18. The lowest BCUT2D eigenvalue weighted by atomic mass is 10.2. The highest BCUT2D eigenvalue weighted by Gasteiger charge is 2.25. The highest BCUT2D eigenvalue weighted by atomic mass is 35.5. The second-order valence-electron chi connectivity index (χ2n) is 6.79. The third kappa shape index (κ3) is 3.71. The Morgan fingerprint density at radius 2 is 2.07 bits per heavy atom. The highest BCUT2D eigenvalue weighted by Crippen LogP contribution is 2.28. The smallest absolute Gasteiger partial charge is 0.343 e. The second kappa shape index (κ2) is 8.05. The van der Waals surface area contributed by atoms with E-state index >= 15 is 0 Å². The van der Waals surface area contributed by atoms with Crippen molar-refractivity contribution in [2.45, 2.75) is 60.1 Å². The van der Waals surface area contributed by atoms with E-state index in [9.17, 15) is 9.59 Å². The van der Waals surface area contributed by atoms with Crippen molar-refractivity contribution in [1.82, 2.24) is 19.7 Å². The number of nitrogens with zero attached hydrogens (tertiary/aromatic N) is 3. The molecule has 0 saturated carbocycles. The molecule has 0 aromatic carbocycles. The van der Waals surface area contributed by atoms with E-state index in [1.807, 2.05) is 13.8 Å². The molecule has 0 fully saturated rings. The van der Waals surface area contributed by atoms with Gasteiger partial charge in [-0.15, -0.1) is 11.3 Å². The van der Waals surface area contributed by atoms with Crippen molar-refractivity contribution in [1.29, 1.82) is 0 Å². The van der Waals surface area contributed by atoms with E-state index < -0.39 is 12.1 Å². The van der Waals surface area contributed by atoms with Gasteiger partial charge in [-0.25, -0.2) is 9.78 Å². The number of aryl methyl sites for hydroxylation is 4. The van der Waals surface area contributed by atoms with Gasteiger partial charge in [-0.2, -0.15) is 5.10 Å². The normalized spacial score (nSPS) is 12.5. The molecule has 0 amide bonds. The minimum atomic E-state index is -0.734. The van der Waals surface area contributed by atoms with Crippen LogP contribution in [0.5, 0.6) is 0 Å².